The molecule has 1 N–H and O–H groups in total. The Morgan fingerprint density at radius 2 is 2.18 bits per heavy atom. The van der Waals surface area contributed by atoms with Crippen LogP contribution in [0.3, 0.4) is 0 Å². The van der Waals surface area contributed by atoms with Gasteiger partial charge in [-0.2, -0.15) is 0 Å². The zero-order valence-electron chi connectivity index (χ0n) is 10.3. The molecule has 1 fully saturated rings. The average molecular weight is 254 g/mol. The topological polar surface area (TPSA) is 21.3 Å². The van der Waals surface area contributed by atoms with Gasteiger partial charge in [-0.1, -0.05) is 30.7 Å². The van der Waals surface area contributed by atoms with Gasteiger partial charge < -0.3 is 10.1 Å². The number of hydrogen-bond acceptors (Lipinski definition) is 2. The van der Waals surface area contributed by atoms with E-state index in [1.54, 1.807) is 0 Å². The van der Waals surface area contributed by atoms with E-state index in [4.69, 9.17) is 16.3 Å². The summed E-state index contributed by atoms with van der Waals surface area (Å²) in [4.78, 5) is 0. The van der Waals surface area contributed by atoms with Gasteiger partial charge in [0.05, 0.1) is 6.10 Å². The molecule has 0 aliphatic carbocycles. The van der Waals surface area contributed by atoms with Crippen LogP contribution in [0.1, 0.15) is 37.8 Å². The maximum Gasteiger partial charge on any atom is 0.0594 e. The Hall–Kier alpha value is -0.570. The second-order valence-electron chi connectivity index (χ2n) is 4.53. The summed E-state index contributed by atoms with van der Waals surface area (Å²) < 4.78 is 5.71. The van der Waals surface area contributed by atoms with Crippen LogP contribution in [0.25, 0.3) is 0 Å². The van der Waals surface area contributed by atoms with E-state index in [1.165, 1.54) is 18.4 Å². The predicted molar refractivity (Wildman–Crippen MR) is 71.5 cm³/mol. The summed E-state index contributed by atoms with van der Waals surface area (Å²) in [5, 5.41) is 4.31. The number of ether oxygens (including phenoxy) is 1. The number of hydrogen-bond donors (Lipinski definition) is 1. The highest BCUT2D eigenvalue weighted by Crippen LogP contribution is 2.25. The van der Waals surface area contributed by atoms with Gasteiger partial charge in [0.2, 0.25) is 0 Å². The van der Waals surface area contributed by atoms with Gasteiger partial charge in [-0.05, 0) is 43.5 Å². The third-order valence-electron chi connectivity index (χ3n) is 3.25. The van der Waals surface area contributed by atoms with Crippen molar-refractivity contribution in [2.75, 3.05) is 13.2 Å². The SMILES string of the molecule is CCNC(CC1CCCO1)c1ccc(Cl)cc1. The number of nitrogens with one attached hydrogen (secondary N) is 1. The summed E-state index contributed by atoms with van der Waals surface area (Å²) in [6, 6.07) is 8.49. The van der Waals surface area contributed by atoms with E-state index in [0.717, 1.165) is 24.6 Å². The van der Waals surface area contributed by atoms with Gasteiger partial charge in [-0.25, -0.2) is 0 Å². The van der Waals surface area contributed by atoms with Crippen LogP contribution in [0.5, 0.6) is 0 Å². The first-order chi connectivity index (χ1) is 8.29. The zero-order valence-corrected chi connectivity index (χ0v) is 11.0. The molecule has 1 heterocycles. The second kappa shape index (κ2) is 6.39. The van der Waals surface area contributed by atoms with Crippen LogP contribution in [0.4, 0.5) is 0 Å². The number of halogens is 1. The molecule has 1 aromatic rings. The Morgan fingerprint density at radius 1 is 1.41 bits per heavy atom. The smallest absolute Gasteiger partial charge is 0.0594 e. The van der Waals surface area contributed by atoms with Crippen molar-refractivity contribution >= 4 is 11.6 Å². The summed E-state index contributed by atoms with van der Waals surface area (Å²) in [5.74, 6) is 0. The van der Waals surface area contributed by atoms with Crippen LogP contribution >= 0.6 is 11.6 Å². The number of benzene rings is 1. The Bertz CT molecular complexity index is 333. The van der Waals surface area contributed by atoms with Crippen LogP contribution in [0.15, 0.2) is 24.3 Å². The first kappa shape index (κ1) is 12.9. The van der Waals surface area contributed by atoms with Crippen molar-refractivity contribution in [1.82, 2.24) is 5.32 Å². The number of rotatable bonds is 5. The highest BCUT2D eigenvalue weighted by atomic mass is 35.5. The van der Waals surface area contributed by atoms with Gasteiger partial charge in [0.1, 0.15) is 0 Å². The Labute approximate surface area is 108 Å². The monoisotopic (exact) mass is 253 g/mol. The van der Waals surface area contributed by atoms with E-state index in [1.807, 2.05) is 12.1 Å². The van der Waals surface area contributed by atoms with E-state index < -0.39 is 0 Å². The van der Waals surface area contributed by atoms with Gasteiger partial charge in [0, 0.05) is 17.7 Å². The molecule has 2 nitrogen and oxygen atoms in total. The van der Waals surface area contributed by atoms with Gasteiger partial charge in [0.15, 0.2) is 0 Å². The largest absolute Gasteiger partial charge is 0.378 e. The molecule has 0 amide bonds. The van der Waals surface area contributed by atoms with Crippen LogP contribution in [0.2, 0.25) is 5.02 Å². The second-order valence-corrected chi connectivity index (χ2v) is 4.97. The van der Waals surface area contributed by atoms with Gasteiger partial charge in [-0.15, -0.1) is 0 Å². The highest BCUT2D eigenvalue weighted by molar-refractivity contribution is 6.30. The minimum absolute atomic E-state index is 0.375. The molecule has 2 atom stereocenters. The Balaban J connectivity index is 2.02. The maximum absolute atomic E-state index is 5.92. The fourth-order valence-electron chi connectivity index (χ4n) is 2.37. The lowest BCUT2D eigenvalue weighted by Gasteiger charge is -2.21. The van der Waals surface area contributed by atoms with Crippen LogP contribution in [-0.2, 0) is 4.74 Å². The normalized spacial score (nSPS) is 21.6. The van der Waals surface area contributed by atoms with Crippen LogP contribution < -0.4 is 5.32 Å². The minimum Gasteiger partial charge on any atom is -0.378 e. The lowest BCUT2D eigenvalue weighted by Crippen LogP contribution is -2.25. The summed E-state index contributed by atoms with van der Waals surface area (Å²) in [6.45, 7) is 4.03. The van der Waals surface area contributed by atoms with Crippen molar-refractivity contribution < 1.29 is 4.74 Å². The molecule has 2 rings (SSSR count). The maximum atomic E-state index is 5.92. The van der Waals surface area contributed by atoms with E-state index >= 15 is 0 Å². The molecular weight excluding hydrogens is 234 g/mol. The molecule has 0 spiro atoms. The Morgan fingerprint density at radius 3 is 2.76 bits per heavy atom. The third kappa shape index (κ3) is 3.70. The summed E-state index contributed by atoms with van der Waals surface area (Å²) in [6.07, 6.45) is 3.85. The van der Waals surface area contributed by atoms with Crippen molar-refractivity contribution in [3.8, 4) is 0 Å². The van der Waals surface area contributed by atoms with Gasteiger partial charge in [0.25, 0.3) is 0 Å². The fraction of sp³-hybridized carbons (Fsp3) is 0.571. The molecule has 1 aliphatic heterocycles. The molecule has 17 heavy (non-hydrogen) atoms. The first-order valence-electron chi connectivity index (χ1n) is 6.40. The standard InChI is InChI=1S/C14H20ClNO/c1-2-16-14(10-13-4-3-9-17-13)11-5-7-12(15)8-6-11/h5-8,13-14,16H,2-4,9-10H2,1H3. The van der Waals surface area contributed by atoms with E-state index in [9.17, 15) is 0 Å². The zero-order chi connectivity index (χ0) is 12.1. The van der Waals surface area contributed by atoms with E-state index in [2.05, 4.69) is 24.4 Å². The van der Waals surface area contributed by atoms with Crippen molar-refractivity contribution in [1.29, 1.82) is 0 Å². The molecule has 1 saturated heterocycles. The molecule has 94 valence electrons. The van der Waals surface area contributed by atoms with E-state index in [0.29, 0.717) is 12.1 Å². The lowest BCUT2D eigenvalue weighted by molar-refractivity contribution is 0.0947. The molecule has 0 saturated carbocycles. The van der Waals surface area contributed by atoms with E-state index in [-0.39, 0.29) is 0 Å². The van der Waals surface area contributed by atoms with Gasteiger partial charge in [-0.3, -0.25) is 0 Å². The third-order valence-corrected chi connectivity index (χ3v) is 3.50. The minimum atomic E-state index is 0.375. The molecule has 1 aliphatic rings. The molecule has 0 radical (unpaired) electrons. The summed E-state index contributed by atoms with van der Waals surface area (Å²) >= 11 is 5.92. The Kier molecular flexibility index (Phi) is 4.84. The average Bonchev–Trinajstić information content (AvgIpc) is 2.82. The van der Waals surface area contributed by atoms with Crippen molar-refractivity contribution in [2.24, 2.45) is 0 Å². The molecular formula is C14H20ClNO. The first-order valence-corrected chi connectivity index (χ1v) is 6.78. The summed E-state index contributed by atoms with van der Waals surface area (Å²) in [5.41, 5.74) is 1.30. The summed E-state index contributed by atoms with van der Waals surface area (Å²) in [7, 11) is 0. The fourth-order valence-corrected chi connectivity index (χ4v) is 2.50. The quantitative estimate of drug-likeness (QED) is 0.866. The molecule has 3 heteroatoms. The molecule has 0 bridgehead atoms. The highest BCUT2D eigenvalue weighted by Gasteiger charge is 2.21. The molecule has 2 unspecified atom stereocenters. The van der Waals surface area contributed by atoms with Crippen molar-refractivity contribution in [2.45, 2.75) is 38.3 Å². The van der Waals surface area contributed by atoms with Crippen molar-refractivity contribution in [3.05, 3.63) is 34.9 Å². The van der Waals surface area contributed by atoms with Gasteiger partial charge >= 0.3 is 0 Å². The van der Waals surface area contributed by atoms with Crippen LogP contribution in [0, 0.1) is 0 Å². The predicted octanol–water partition coefficient (Wildman–Crippen LogP) is 3.56. The lowest BCUT2D eigenvalue weighted by atomic mass is 9.99. The molecule has 0 aromatic heterocycles. The molecule has 1 aromatic carbocycles. The van der Waals surface area contributed by atoms with Crippen LogP contribution in [-0.4, -0.2) is 19.3 Å². The van der Waals surface area contributed by atoms with Crippen molar-refractivity contribution in [3.63, 3.8) is 0 Å².